The Morgan fingerprint density at radius 3 is 1.56 bits per heavy atom. The maximum Gasteiger partial charge on any atom is 0.293 e. The Labute approximate surface area is 104 Å². The van der Waals surface area contributed by atoms with Crippen molar-refractivity contribution in [2.45, 2.75) is 13.1 Å². The summed E-state index contributed by atoms with van der Waals surface area (Å²) in [7, 11) is 3.47. The van der Waals surface area contributed by atoms with Crippen LogP contribution in [0.3, 0.4) is 0 Å². The van der Waals surface area contributed by atoms with Crippen molar-refractivity contribution in [1.82, 2.24) is 20.9 Å². The molecule has 0 aromatic carbocycles. The number of carbonyl (C=O) groups excluding carboxylic acids is 2. The summed E-state index contributed by atoms with van der Waals surface area (Å²) < 4.78 is 0. The van der Waals surface area contributed by atoms with Crippen LogP contribution in [-0.2, 0) is 0 Å². The van der Waals surface area contributed by atoms with Gasteiger partial charge in [0.2, 0.25) is 0 Å². The molecule has 0 atom stereocenters. The van der Waals surface area contributed by atoms with Crippen LogP contribution < -0.4 is 10.9 Å². The smallest absolute Gasteiger partial charge is 0.278 e. The second-order valence-corrected chi connectivity index (χ2v) is 4.62. The molecule has 0 aliphatic rings. The minimum absolute atomic E-state index is 0.140. The lowest BCUT2D eigenvalue weighted by molar-refractivity contribution is 0.0468. The topological polar surface area (TPSA) is 64.7 Å². The summed E-state index contributed by atoms with van der Waals surface area (Å²) in [6.45, 7) is 1.86. The monoisotopic (exact) mass is 266 g/mol. The van der Waals surface area contributed by atoms with Gasteiger partial charge in [-0.05, 0) is 19.4 Å². The third kappa shape index (κ3) is 5.59. The number of nitrogens with zero attached hydrogens (tertiary/aromatic N) is 2. The standard InChI is InChI=1S/C8H18N4O2S2/c1-6(11(2)9-7(13)15-4)12(3)10-8(14)16-5/h6H,1-5H3,(H,9,13)(H,10,14). The quantitative estimate of drug-likeness (QED) is 0.588. The lowest BCUT2D eigenvalue weighted by Crippen LogP contribution is -2.55. The second kappa shape index (κ2) is 7.77. The van der Waals surface area contributed by atoms with Gasteiger partial charge in [0.15, 0.2) is 0 Å². The van der Waals surface area contributed by atoms with Crippen LogP contribution in [-0.4, -0.2) is 53.3 Å². The fourth-order valence-electron chi connectivity index (χ4n) is 0.826. The Kier molecular flexibility index (Phi) is 7.56. The Morgan fingerprint density at radius 2 is 1.31 bits per heavy atom. The maximum absolute atomic E-state index is 11.1. The molecule has 0 rings (SSSR count). The van der Waals surface area contributed by atoms with Gasteiger partial charge < -0.3 is 0 Å². The average Bonchev–Trinajstić information content (AvgIpc) is 2.27. The molecule has 0 bridgehead atoms. The summed E-state index contributed by atoms with van der Waals surface area (Å²) in [6.07, 6.45) is 3.26. The van der Waals surface area contributed by atoms with Crippen molar-refractivity contribution in [2.75, 3.05) is 26.6 Å². The van der Waals surface area contributed by atoms with E-state index in [1.165, 1.54) is 0 Å². The first-order chi connectivity index (χ1) is 7.42. The summed E-state index contributed by atoms with van der Waals surface area (Å²) in [5, 5.41) is 2.97. The molecule has 6 nitrogen and oxygen atoms in total. The van der Waals surface area contributed by atoms with E-state index in [2.05, 4.69) is 10.9 Å². The van der Waals surface area contributed by atoms with Crippen LogP contribution in [0.4, 0.5) is 9.59 Å². The van der Waals surface area contributed by atoms with Gasteiger partial charge in [-0.3, -0.25) is 20.4 Å². The van der Waals surface area contributed by atoms with Crippen molar-refractivity contribution in [3.8, 4) is 0 Å². The fourth-order valence-corrected chi connectivity index (χ4v) is 1.30. The van der Waals surface area contributed by atoms with E-state index >= 15 is 0 Å². The molecule has 0 saturated carbocycles. The molecule has 0 fully saturated rings. The number of nitrogens with one attached hydrogen (secondary N) is 2. The SMILES string of the molecule is CSC(=O)NN(C)C(C)N(C)NC(=O)SC. The zero-order valence-electron chi connectivity index (χ0n) is 10.1. The molecule has 2 amide bonds. The zero-order chi connectivity index (χ0) is 12.7. The van der Waals surface area contributed by atoms with Gasteiger partial charge in [-0.1, -0.05) is 23.5 Å². The summed E-state index contributed by atoms with van der Waals surface area (Å²) >= 11 is 2.20. The van der Waals surface area contributed by atoms with Crippen LogP contribution in [0.15, 0.2) is 0 Å². The predicted molar refractivity (Wildman–Crippen MR) is 69.1 cm³/mol. The van der Waals surface area contributed by atoms with Crippen LogP contribution in [0.25, 0.3) is 0 Å². The number of rotatable bonds is 4. The van der Waals surface area contributed by atoms with Gasteiger partial charge in [0.05, 0.1) is 6.17 Å². The average molecular weight is 266 g/mol. The van der Waals surface area contributed by atoms with E-state index in [0.717, 1.165) is 23.5 Å². The molecule has 0 heterocycles. The van der Waals surface area contributed by atoms with Gasteiger partial charge >= 0.3 is 0 Å². The summed E-state index contributed by atoms with van der Waals surface area (Å²) in [6, 6.07) is 0. The van der Waals surface area contributed by atoms with Gasteiger partial charge in [0.1, 0.15) is 0 Å². The first kappa shape index (κ1) is 15.6. The first-order valence-electron chi connectivity index (χ1n) is 4.57. The molecule has 16 heavy (non-hydrogen) atoms. The molecule has 2 N–H and O–H groups in total. The minimum Gasteiger partial charge on any atom is -0.278 e. The number of hydrogen-bond donors (Lipinski definition) is 2. The van der Waals surface area contributed by atoms with Crippen molar-refractivity contribution >= 4 is 34.0 Å². The van der Waals surface area contributed by atoms with Gasteiger partial charge in [-0.25, -0.2) is 10.0 Å². The maximum atomic E-state index is 11.1. The highest BCUT2D eigenvalue weighted by Gasteiger charge is 2.17. The second-order valence-electron chi connectivity index (χ2n) is 3.06. The Morgan fingerprint density at radius 1 is 1.00 bits per heavy atom. The number of hydrogen-bond acceptors (Lipinski definition) is 6. The molecular weight excluding hydrogens is 248 g/mol. The largest absolute Gasteiger partial charge is 0.293 e. The van der Waals surface area contributed by atoms with Crippen LogP contribution >= 0.6 is 23.5 Å². The van der Waals surface area contributed by atoms with Crippen LogP contribution in [0.2, 0.25) is 0 Å². The van der Waals surface area contributed by atoms with Crippen LogP contribution in [0, 0.1) is 0 Å². The molecule has 0 spiro atoms. The van der Waals surface area contributed by atoms with E-state index in [4.69, 9.17) is 0 Å². The molecule has 8 heteroatoms. The highest BCUT2D eigenvalue weighted by atomic mass is 32.2. The first-order valence-corrected chi connectivity index (χ1v) is 7.02. The molecule has 0 saturated heterocycles. The van der Waals surface area contributed by atoms with Crippen molar-refractivity contribution in [3.63, 3.8) is 0 Å². The van der Waals surface area contributed by atoms with Crippen molar-refractivity contribution in [1.29, 1.82) is 0 Å². The van der Waals surface area contributed by atoms with Gasteiger partial charge in [0, 0.05) is 14.1 Å². The highest BCUT2D eigenvalue weighted by Crippen LogP contribution is 2.01. The summed E-state index contributed by atoms with van der Waals surface area (Å²) in [4.78, 5) is 22.3. The Hall–Kier alpha value is -0.440. The summed E-state index contributed by atoms with van der Waals surface area (Å²) in [5.41, 5.74) is 5.32. The summed E-state index contributed by atoms with van der Waals surface area (Å²) in [5.74, 6) is 0. The van der Waals surface area contributed by atoms with E-state index in [-0.39, 0.29) is 16.6 Å². The van der Waals surface area contributed by atoms with E-state index in [0.29, 0.717) is 0 Å². The number of hydrazine groups is 2. The number of amides is 2. The molecule has 0 aliphatic heterocycles. The number of thioether (sulfide) groups is 2. The van der Waals surface area contributed by atoms with Crippen molar-refractivity contribution in [2.24, 2.45) is 0 Å². The van der Waals surface area contributed by atoms with Gasteiger partial charge in [0.25, 0.3) is 10.5 Å². The lowest BCUT2D eigenvalue weighted by Gasteiger charge is -2.32. The van der Waals surface area contributed by atoms with E-state index in [9.17, 15) is 9.59 Å². The van der Waals surface area contributed by atoms with Crippen molar-refractivity contribution < 1.29 is 9.59 Å². The van der Waals surface area contributed by atoms with Crippen LogP contribution in [0.1, 0.15) is 6.92 Å². The minimum atomic E-state index is -0.146. The molecular formula is C8H18N4O2S2. The van der Waals surface area contributed by atoms with Gasteiger partial charge in [-0.15, -0.1) is 0 Å². The third-order valence-corrected chi connectivity index (χ3v) is 2.95. The van der Waals surface area contributed by atoms with Crippen molar-refractivity contribution in [3.05, 3.63) is 0 Å². The number of carbonyl (C=O) groups is 2. The fraction of sp³-hybridized carbons (Fsp3) is 0.750. The van der Waals surface area contributed by atoms with Gasteiger partial charge in [-0.2, -0.15) is 0 Å². The Bertz CT molecular complexity index is 228. The molecule has 0 aliphatic carbocycles. The zero-order valence-corrected chi connectivity index (χ0v) is 11.7. The lowest BCUT2D eigenvalue weighted by atomic mass is 10.5. The molecule has 0 aromatic heterocycles. The predicted octanol–water partition coefficient (Wildman–Crippen LogP) is 1.17. The molecule has 0 unspecified atom stereocenters. The molecule has 0 aromatic rings. The third-order valence-electron chi connectivity index (χ3n) is 2.03. The van der Waals surface area contributed by atoms with E-state index < -0.39 is 0 Å². The molecule has 94 valence electrons. The Balaban J connectivity index is 4.15. The normalized spacial score (nSPS) is 11.0. The van der Waals surface area contributed by atoms with Crippen LogP contribution in [0.5, 0.6) is 0 Å². The van der Waals surface area contributed by atoms with E-state index in [1.54, 1.807) is 36.6 Å². The molecule has 0 radical (unpaired) electrons. The van der Waals surface area contributed by atoms with E-state index in [1.807, 2.05) is 6.92 Å². The highest BCUT2D eigenvalue weighted by molar-refractivity contribution is 8.13.